The standard InChI is InChI=1S/C31H23F3N4O4S/c1-4-26(39)28-20-12-19(31-35-15-22(34)29(37-31)24-13-18-21(33)6-5-7-23(18)36-24)25(38(2)43(3,40)41)14-27(20)42-30(28)16-8-10-17(32)11-9-16/h5-15,36H,4H2,1-3H3. The van der Waals surface area contributed by atoms with Crippen molar-refractivity contribution in [2.45, 2.75) is 13.3 Å². The molecule has 0 aliphatic rings. The maximum atomic E-state index is 15.1. The van der Waals surface area contributed by atoms with Crippen LogP contribution in [0.25, 0.3) is 56.0 Å². The number of aromatic amines is 1. The lowest BCUT2D eigenvalue weighted by Crippen LogP contribution is -2.25. The van der Waals surface area contributed by atoms with Gasteiger partial charge in [0, 0.05) is 47.0 Å². The first-order chi connectivity index (χ1) is 20.5. The number of ketones is 1. The van der Waals surface area contributed by atoms with Gasteiger partial charge in [0.25, 0.3) is 0 Å². The van der Waals surface area contributed by atoms with Gasteiger partial charge in [-0.15, -0.1) is 0 Å². The molecule has 0 atom stereocenters. The van der Waals surface area contributed by atoms with Gasteiger partial charge < -0.3 is 9.40 Å². The molecule has 0 spiro atoms. The van der Waals surface area contributed by atoms with Crippen molar-refractivity contribution < 1.29 is 30.8 Å². The van der Waals surface area contributed by atoms with Gasteiger partial charge in [0.2, 0.25) is 10.0 Å². The highest BCUT2D eigenvalue weighted by Crippen LogP contribution is 2.41. The van der Waals surface area contributed by atoms with Crippen LogP contribution in [0, 0.1) is 17.5 Å². The molecule has 43 heavy (non-hydrogen) atoms. The van der Waals surface area contributed by atoms with Crippen LogP contribution in [-0.4, -0.2) is 42.5 Å². The predicted octanol–water partition coefficient (Wildman–Crippen LogP) is 7.11. The molecule has 0 unspecified atom stereocenters. The van der Waals surface area contributed by atoms with Crippen LogP contribution < -0.4 is 4.31 Å². The summed E-state index contributed by atoms with van der Waals surface area (Å²) in [5.74, 6) is -1.89. The van der Waals surface area contributed by atoms with E-state index in [1.54, 1.807) is 13.0 Å². The third-order valence-corrected chi connectivity index (χ3v) is 8.39. The summed E-state index contributed by atoms with van der Waals surface area (Å²) in [5, 5.41) is 0.583. The van der Waals surface area contributed by atoms with E-state index in [2.05, 4.69) is 15.0 Å². The minimum atomic E-state index is -3.82. The molecule has 12 heteroatoms. The molecule has 0 bridgehead atoms. The number of anilines is 1. The van der Waals surface area contributed by atoms with E-state index >= 15 is 4.39 Å². The summed E-state index contributed by atoms with van der Waals surface area (Å²) in [4.78, 5) is 24.7. The van der Waals surface area contributed by atoms with Crippen LogP contribution in [0.1, 0.15) is 23.7 Å². The zero-order valence-corrected chi connectivity index (χ0v) is 23.9. The molecule has 0 radical (unpaired) electrons. The van der Waals surface area contributed by atoms with E-state index in [1.165, 1.54) is 61.6 Å². The quantitative estimate of drug-likeness (QED) is 0.195. The van der Waals surface area contributed by atoms with Gasteiger partial charge in [0.15, 0.2) is 17.4 Å². The number of Topliss-reactive ketones (excluding diaryl/α,β-unsaturated/α-hetero) is 1. The Morgan fingerprint density at radius 2 is 1.74 bits per heavy atom. The van der Waals surface area contributed by atoms with Crippen molar-refractivity contribution in [3.8, 4) is 34.1 Å². The molecule has 3 aromatic carbocycles. The van der Waals surface area contributed by atoms with Gasteiger partial charge in [-0.3, -0.25) is 9.10 Å². The molecule has 3 heterocycles. The van der Waals surface area contributed by atoms with Crippen LogP contribution >= 0.6 is 0 Å². The zero-order chi connectivity index (χ0) is 30.6. The minimum absolute atomic E-state index is 0.0534. The van der Waals surface area contributed by atoms with Crippen molar-refractivity contribution >= 4 is 43.4 Å². The van der Waals surface area contributed by atoms with Crippen LogP contribution in [0.2, 0.25) is 0 Å². The van der Waals surface area contributed by atoms with E-state index in [4.69, 9.17) is 4.42 Å². The second kappa shape index (κ2) is 10.4. The Balaban J connectivity index is 1.63. The average molecular weight is 605 g/mol. The maximum Gasteiger partial charge on any atom is 0.232 e. The molecule has 0 aliphatic heterocycles. The molecule has 1 N–H and O–H groups in total. The molecule has 0 saturated carbocycles. The van der Waals surface area contributed by atoms with Gasteiger partial charge >= 0.3 is 0 Å². The lowest BCUT2D eigenvalue weighted by Gasteiger charge is -2.20. The van der Waals surface area contributed by atoms with Gasteiger partial charge in [-0.2, -0.15) is 0 Å². The monoisotopic (exact) mass is 604 g/mol. The fraction of sp³-hybridized carbons (Fsp3) is 0.129. The zero-order valence-electron chi connectivity index (χ0n) is 23.1. The Morgan fingerprint density at radius 1 is 1.00 bits per heavy atom. The second-order valence-corrected chi connectivity index (χ2v) is 12.0. The van der Waals surface area contributed by atoms with Crippen LogP contribution in [-0.2, 0) is 10.0 Å². The third-order valence-electron chi connectivity index (χ3n) is 7.20. The summed E-state index contributed by atoms with van der Waals surface area (Å²) < 4.78 is 75.6. The Bertz CT molecular complexity index is 2170. The molecule has 218 valence electrons. The van der Waals surface area contributed by atoms with Gasteiger partial charge in [0.1, 0.15) is 28.7 Å². The molecular weight excluding hydrogens is 581 g/mol. The number of furan rings is 1. The topological polar surface area (TPSA) is 109 Å². The Morgan fingerprint density at radius 3 is 2.42 bits per heavy atom. The van der Waals surface area contributed by atoms with Crippen molar-refractivity contribution in [1.29, 1.82) is 0 Å². The molecular formula is C31H23F3N4O4S. The summed E-state index contributed by atoms with van der Waals surface area (Å²) in [7, 11) is -2.50. The highest BCUT2D eigenvalue weighted by Gasteiger charge is 2.27. The summed E-state index contributed by atoms with van der Waals surface area (Å²) in [6, 6.07) is 14.2. The number of nitrogens with zero attached hydrogens (tertiary/aromatic N) is 3. The van der Waals surface area contributed by atoms with E-state index < -0.39 is 27.5 Å². The molecule has 8 nitrogen and oxygen atoms in total. The van der Waals surface area contributed by atoms with Crippen molar-refractivity contribution in [2.75, 3.05) is 17.6 Å². The van der Waals surface area contributed by atoms with E-state index in [-0.39, 0.29) is 63.0 Å². The number of hydrogen-bond donors (Lipinski definition) is 1. The van der Waals surface area contributed by atoms with Crippen LogP contribution in [0.3, 0.4) is 0 Å². The number of sulfonamides is 1. The average Bonchev–Trinajstić information content (AvgIpc) is 3.58. The summed E-state index contributed by atoms with van der Waals surface area (Å²) in [5.41, 5.74) is 1.57. The molecule has 3 aromatic heterocycles. The SMILES string of the molecule is CCC(=O)c1c(-c2ccc(F)cc2)oc2cc(N(C)S(C)(=O)=O)c(-c3ncc(F)c(-c4cc5c(F)cccc5[nH]4)n3)cc12. The first kappa shape index (κ1) is 28.2. The predicted molar refractivity (Wildman–Crippen MR) is 158 cm³/mol. The molecule has 6 aromatic rings. The van der Waals surface area contributed by atoms with Gasteiger partial charge in [-0.1, -0.05) is 13.0 Å². The first-order valence-corrected chi connectivity index (χ1v) is 14.9. The fourth-order valence-corrected chi connectivity index (χ4v) is 5.45. The maximum absolute atomic E-state index is 15.1. The molecule has 6 rings (SSSR count). The first-order valence-electron chi connectivity index (χ1n) is 13.1. The number of fused-ring (bicyclic) bond motifs is 2. The van der Waals surface area contributed by atoms with E-state index in [0.717, 1.165) is 16.8 Å². The second-order valence-electron chi connectivity index (χ2n) is 9.96. The molecule has 0 amide bonds. The lowest BCUT2D eigenvalue weighted by molar-refractivity contribution is 0.0989. The van der Waals surface area contributed by atoms with E-state index in [9.17, 15) is 22.0 Å². The van der Waals surface area contributed by atoms with Crippen molar-refractivity contribution in [3.63, 3.8) is 0 Å². The highest BCUT2D eigenvalue weighted by atomic mass is 32.2. The number of halogens is 3. The Kier molecular flexibility index (Phi) is 6.80. The number of hydrogen-bond acceptors (Lipinski definition) is 6. The van der Waals surface area contributed by atoms with Gasteiger partial charge in [0.05, 0.1) is 29.4 Å². The molecule has 0 aliphatic carbocycles. The smallest absolute Gasteiger partial charge is 0.232 e. The minimum Gasteiger partial charge on any atom is -0.455 e. The number of carbonyl (C=O) groups is 1. The van der Waals surface area contributed by atoms with Crippen molar-refractivity contribution in [3.05, 3.63) is 89.9 Å². The fourth-order valence-electron chi connectivity index (χ4n) is 4.94. The van der Waals surface area contributed by atoms with Crippen LogP contribution in [0.5, 0.6) is 0 Å². The lowest BCUT2D eigenvalue weighted by atomic mass is 9.98. The molecule has 0 saturated heterocycles. The number of H-pyrrole nitrogens is 1. The Labute approximate surface area is 243 Å². The number of benzene rings is 3. The summed E-state index contributed by atoms with van der Waals surface area (Å²) in [6.07, 6.45) is 2.07. The highest BCUT2D eigenvalue weighted by molar-refractivity contribution is 7.92. The van der Waals surface area contributed by atoms with Crippen LogP contribution in [0.15, 0.2) is 71.3 Å². The number of nitrogens with one attached hydrogen (secondary N) is 1. The van der Waals surface area contributed by atoms with Crippen molar-refractivity contribution in [1.82, 2.24) is 15.0 Å². The van der Waals surface area contributed by atoms with Crippen LogP contribution in [0.4, 0.5) is 18.9 Å². The largest absolute Gasteiger partial charge is 0.455 e. The summed E-state index contributed by atoms with van der Waals surface area (Å²) in [6.45, 7) is 1.68. The normalized spacial score (nSPS) is 11.9. The van der Waals surface area contributed by atoms with Crippen molar-refractivity contribution in [2.24, 2.45) is 0 Å². The third kappa shape index (κ3) is 4.93. The van der Waals surface area contributed by atoms with Gasteiger partial charge in [-0.25, -0.2) is 31.6 Å². The number of aromatic nitrogens is 3. The molecule has 0 fully saturated rings. The van der Waals surface area contributed by atoms with E-state index in [0.29, 0.717) is 16.5 Å². The van der Waals surface area contributed by atoms with E-state index in [1.807, 2.05) is 0 Å². The number of carbonyl (C=O) groups excluding carboxylic acids is 1. The summed E-state index contributed by atoms with van der Waals surface area (Å²) >= 11 is 0. The van der Waals surface area contributed by atoms with Gasteiger partial charge in [-0.05, 0) is 48.5 Å². The number of rotatable bonds is 7. The Hall–Kier alpha value is -4.97.